The number of benzene rings is 8. The highest BCUT2D eigenvalue weighted by atomic mass is 32.2. The summed E-state index contributed by atoms with van der Waals surface area (Å²) in [6, 6.07) is 54.9. The zero-order chi connectivity index (χ0) is 40.8. The molecule has 0 unspecified atom stereocenters. The Labute approximate surface area is 340 Å². The number of hydrogen-bond acceptors (Lipinski definition) is 6. The molecule has 0 amide bonds. The van der Waals surface area contributed by atoms with Gasteiger partial charge in [0.1, 0.15) is 21.4 Å². The molecular weight excluding hydrogens is 787 g/mol. The van der Waals surface area contributed by atoms with Crippen molar-refractivity contribution in [1.29, 1.82) is 0 Å². The van der Waals surface area contributed by atoms with Crippen molar-refractivity contribution in [3.63, 3.8) is 0 Å². The summed E-state index contributed by atoms with van der Waals surface area (Å²) in [5, 5.41) is 0. The fourth-order valence-corrected chi connectivity index (χ4v) is 10.1. The molecule has 59 heavy (non-hydrogen) atoms. The van der Waals surface area contributed by atoms with E-state index in [9.17, 15) is 25.6 Å². The van der Waals surface area contributed by atoms with Crippen molar-refractivity contribution in [3.05, 3.63) is 228 Å². The van der Waals surface area contributed by atoms with Crippen molar-refractivity contribution in [2.75, 3.05) is 0 Å². The van der Waals surface area contributed by atoms with Crippen molar-refractivity contribution in [3.8, 4) is 44.9 Å². The highest BCUT2D eigenvalue weighted by Crippen LogP contribution is 2.57. The molecule has 8 aromatic rings. The zero-order valence-electron chi connectivity index (χ0n) is 31.0. The van der Waals surface area contributed by atoms with Crippen molar-refractivity contribution < 1.29 is 34.0 Å². The first kappa shape index (κ1) is 37.7. The van der Waals surface area contributed by atoms with Crippen LogP contribution in [0.15, 0.2) is 204 Å². The second-order valence-electron chi connectivity index (χ2n) is 13.9. The summed E-state index contributed by atoms with van der Waals surface area (Å²) in [4.78, 5) is -1.18. The van der Waals surface area contributed by atoms with Crippen LogP contribution in [-0.2, 0) is 25.7 Å². The summed E-state index contributed by atoms with van der Waals surface area (Å²) in [7, 11) is -9.22. The van der Waals surface area contributed by atoms with Gasteiger partial charge in [-0.05, 0) is 93.0 Å². The number of fused-ring (bicyclic) bond motifs is 3. The number of hydrogen-bond donors (Lipinski definition) is 0. The third-order valence-corrected chi connectivity index (χ3v) is 13.1. The van der Waals surface area contributed by atoms with Gasteiger partial charge in [-0.1, -0.05) is 146 Å². The Morgan fingerprint density at radius 2 is 0.729 bits per heavy atom. The van der Waals surface area contributed by atoms with E-state index in [0.29, 0.717) is 22.3 Å². The lowest BCUT2D eigenvalue weighted by atomic mass is 9.67. The lowest BCUT2D eigenvalue weighted by Crippen LogP contribution is -2.29. The standard InChI is InChI=1S/C49H32F2O6S2/c50-43-23-11-13-25-47(43)58(52,53)56-45-29-27-35(31-39(45)33-15-3-1-4-16-33)49(41-21-9-7-19-37(41)38-20-8-10-22-42(38)49)36-28-30-46(40(32-36)34-17-5-2-6-18-34)57-59(54,55)48-26-14-12-24-44(48)51/h1-32H. The molecule has 9 rings (SSSR count). The summed E-state index contributed by atoms with van der Waals surface area (Å²) in [5.74, 6) is -1.89. The molecule has 0 saturated heterocycles. The van der Waals surface area contributed by atoms with Crippen LogP contribution in [0.1, 0.15) is 22.3 Å². The molecule has 0 spiro atoms. The Morgan fingerprint density at radius 1 is 0.373 bits per heavy atom. The maximum Gasteiger partial charge on any atom is 0.342 e. The third-order valence-electron chi connectivity index (χ3n) is 10.6. The lowest BCUT2D eigenvalue weighted by molar-refractivity contribution is 0.475. The van der Waals surface area contributed by atoms with Gasteiger partial charge < -0.3 is 8.37 Å². The fourth-order valence-electron chi connectivity index (χ4n) is 8.00. The van der Waals surface area contributed by atoms with Gasteiger partial charge in [-0.25, -0.2) is 8.78 Å². The zero-order valence-corrected chi connectivity index (χ0v) is 32.6. The molecule has 0 aliphatic heterocycles. The monoisotopic (exact) mass is 818 g/mol. The summed E-state index contributed by atoms with van der Waals surface area (Å²) < 4.78 is 95.8. The van der Waals surface area contributed by atoms with Crippen LogP contribution in [0.3, 0.4) is 0 Å². The van der Waals surface area contributed by atoms with Gasteiger partial charge in [-0.15, -0.1) is 0 Å². The second-order valence-corrected chi connectivity index (χ2v) is 17.0. The molecule has 8 aromatic carbocycles. The minimum atomic E-state index is -4.61. The molecule has 0 saturated carbocycles. The SMILES string of the molecule is O=S(=O)(Oc1ccc(C2(c3ccc(OS(=O)(=O)c4ccccc4F)c(-c4ccccc4)c3)c3ccccc3-c3ccccc32)cc1-c1ccccc1)c1ccccc1F. The van der Waals surface area contributed by atoms with Crippen molar-refractivity contribution in [2.45, 2.75) is 15.2 Å². The molecule has 0 radical (unpaired) electrons. The van der Waals surface area contributed by atoms with Gasteiger partial charge >= 0.3 is 20.2 Å². The van der Waals surface area contributed by atoms with Gasteiger partial charge in [-0.3, -0.25) is 0 Å². The first-order chi connectivity index (χ1) is 28.6. The van der Waals surface area contributed by atoms with E-state index in [2.05, 4.69) is 0 Å². The Balaban J connectivity index is 1.30. The van der Waals surface area contributed by atoms with Crippen LogP contribution in [-0.4, -0.2) is 16.8 Å². The molecule has 6 nitrogen and oxygen atoms in total. The molecular formula is C49H32F2O6S2. The first-order valence-electron chi connectivity index (χ1n) is 18.6. The molecule has 290 valence electrons. The maximum absolute atomic E-state index is 14.9. The van der Waals surface area contributed by atoms with Crippen molar-refractivity contribution >= 4 is 20.2 Å². The average molecular weight is 819 g/mol. The predicted octanol–water partition coefficient (Wildman–Crippen LogP) is 11.2. The quantitative estimate of drug-likeness (QED) is 0.128. The van der Waals surface area contributed by atoms with Gasteiger partial charge in [0.15, 0.2) is 11.5 Å². The summed E-state index contributed by atoms with van der Waals surface area (Å²) >= 11 is 0. The lowest BCUT2D eigenvalue weighted by Gasteiger charge is -2.35. The van der Waals surface area contributed by atoms with Crippen molar-refractivity contribution in [1.82, 2.24) is 0 Å². The van der Waals surface area contributed by atoms with E-state index in [1.165, 1.54) is 24.3 Å². The normalized spacial score (nSPS) is 13.0. The molecule has 0 N–H and O–H groups in total. The topological polar surface area (TPSA) is 86.7 Å². The minimum absolute atomic E-state index is 0.00927. The van der Waals surface area contributed by atoms with E-state index in [0.717, 1.165) is 57.6 Å². The van der Waals surface area contributed by atoms with Crippen LogP contribution in [0.2, 0.25) is 0 Å². The van der Waals surface area contributed by atoms with E-state index in [1.807, 2.05) is 121 Å². The van der Waals surface area contributed by atoms with Crippen LogP contribution in [0.4, 0.5) is 8.78 Å². The summed E-state index contributed by atoms with van der Waals surface area (Å²) in [6.45, 7) is 0. The highest BCUT2D eigenvalue weighted by Gasteiger charge is 2.47. The fraction of sp³-hybridized carbons (Fsp3) is 0.0204. The van der Waals surface area contributed by atoms with Gasteiger partial charge in [-0.2, -0.15) is 16.8 Å². The number of halogens is 2. The summed E-state index contributed by atoms with van der Waals surface area (Å²) in [6.07, 6.45) is 0. The second kappa shape index (κ2) is 14.8. The Bertz CT molecular complexity index is 2910. The van der Waals surface area contributed by atoms with E-state index < -0.39 is 47.1 Å². The molecule has 10 heteroatoms. The number of rotatable bonds is 10. The van der Waals surface area contributed by atoms with Crippen LogP contribution >= 0.6 is 0 Å². The van der Waals surface area contributed by atoms with Gasteiger partial charge in [0.05, 0.1) is 5.41 Å². The molecule has 0 aromatic heterocycles. The van der Waals surface area contributed by atoms with Crippen LogP contribution < -0.4 is 8.37 Å². The van der Waals surface area contributed by atoms with Gasteiger partial charge in [0.2, 0.25) is 0 Å². The first-order valence-corrected chi connectivity index (χ1v) is 21.4. The molecule has 0 heterocycles. The molecule has 1 aliphatic rings. The predicted molar refractivity (Wildman–Crippen MR) is 223 cm³/mol. The minimum Gasteiger partial charge on any atom is -0.378 e. The smallest absolute Gasteiger partial charge is 0.342 e. The third kappa shape index (κ3) is 6.56. The molecule has 0 bridgehead atoms. The van der Waals surface area contributed by atoms with E-state index >= 15 is 0 Å². The van der Waals surface area contributed by atoms with Crippen molar-refractivity contribution in [2.24, 2.45) is 0 Å². The summed E-state index contributed by atoms with van der Waals surface area (Å²) in [5.41, 5.74) is 6.32. The van der Waals surface area contributed by atoms with Crippen LogP contribution in [0, 0.1) is 11.6 Å². The Kier molecular flexibility index (Phi) is 9.46. The molecule has 1 aliphatic carbocycles. The van der Waals surface area contributed by atoms with Gasteiger partial charge in [0, 0.05) is 11.1 Å². The Morgan fingerprint density at radius 3 is 1.14 bits per heavy atom. The highest BCUT2D eigenvalue weighted by molar-refractivity contribution is 7.87. The Hall–Kier alpha value is -6.88. The molecule has 0 fully saturated rings. The largest absolute Gasteiger partial charge is 0.378 e. The van der Waals surface area contributed by atoms with Crippen LogP contribution in [0.5, 0.6) is 11.5 Å². The van der Waals surface area contributed by atoms with Gasteiger partial charge in [0.25, 0.3) is 0 Å². The van der Waals surface area contributed by atoms with E-state index in [1.54, 1.807) is 24.3 Å². The molecule has 0 atom stereocenters. The van der Waals surface area contributed by atoms with E-state index in [4.69, 9.17) is 8.37 Å². The average Bonchev–Trinajstić information content (AvgIpc) is 3.55. The van der Waals surface area contributed by atoms with E-state index in [-0.39, 0.29) is 11.5 Å². The maximum atomic E-state index is 14.9. The van der Waals surface area contributed by atoms with Crippen LogP contribution in [0.25, 0.3) is 33.4 Å².